The summed E-state index contributed by atoms with van der Waals surface area (Å²) in [7, 11) is 0. The molecular weight excluding hydrogens is 368 g/mol. The fraction of sp³-hybridized carbons (Fsp3) is 0.444. The van der Waals surface area contributed by atoms with Crippen LogP contribution in [-0.4, -0.2) is 10.8 Å². The molecule has 0 unspecified atom stereocenters. The van der Waals surface area contributed by atoms with Gasteiger partial charge in [-0.2, -0.15) is 0 Å². The summed E-state index contributed by atoms with van der Waals surface area (Å²) in [6, 6.07) is 10.1. The van der Waals surface area contributed by atoms with Crippen LogP contribution in [-0.2, 0) is 15.6 Å². The molecule has 2 spiro atoms. The fourth-order valence-corrected chi connectivity index (χ4v) is 6.96. The maximum atomic E-state index is 14.3. The molecule has 3 aromatic rings. The summed E-state index contributed by atoms with van der Waals surface area (Å²) in [6.45, 7) is 7.80. The van der Waals surface area contributed by atoms with Crippen molar-refractivity contribution in [2.45, 2.75) is 75.0 Å². The number of hydrogen-bond donors (Lipinski definition) is 0. The molecule has 3 nitrogen and oxygen atoms in total. The van der Waals surface area contributed by atoms with Gasteiger partial charge in [-0.3, -0.25) is 9.78 Å². The summed E-state index contributed by atoms with van der Waals surface area (Å²) in [5, 5.41) is 3.06. The molecule has 3 aliphatic rings. The Morgan fingerprint density at radius 3 is 2.13 bits per heavy atom. The van der Waals surface area contributed by atoms with Crippen LogP contribution in [0.3, 0.4) is 0 Å². The molecular formula is C27H26N2O. The van der Waals surface area contributed by atoms with Crippen molar-refractivity contribution >= 4 is 33.1 Å². The molecule has 0 radical (unpaired) electrons. The van der Waals surface area contributed by atoms with Gasteiger partial charge in [0.05, 0.1) is 22.9 Å². The number of aromatic nitrogens is 1. The van der Waals surface area contributed by atoms with Crippen molar-refractivity contribution in [1.82, 2.24) is 4.98 Å². The van der Waals surface area contributed by atoms with Crippen LogP contribution < -0.4 is 0 Å². The lowest BCUT2D eigenvalue weighted by molar-refractivity contribution is -0.131. The van der Waals surface area contributed by atoms with Crippen LogP contribution in [0.2, 0.25) is 0 Å². The molecule has 3 aliphatic carbocycles. The first kappa shape index (κ1) is 18.1. The van der Waals surface area contributed by atoms with Gasteiger partial charge in [-0.25, -0.2) is 4.85 Å². The summed E-state index contributed by atoms with van der Waals surface area (Å²) in [5.41, 5.74) is 3.38. The maximum absolute atomic E-state index is 14.3. The lowest BCUT2D eigenvalue weighted by Gasteiger charge is -2.38. The number of pyridine rings is 1. The van der Waals surface area contributed by atoms with E-state index in [-0.39, 0.29) is 10.8 Å². The first-order chi connectivity index (χ1) is 14.7. The zero-order chi connectivity index (χ0) is 20.3. The SMILES string of the molecule is [C-]#[N+]c1cc2c3c(cnc2c2ccccc12)C1(CCCCC1)C(=O)C31CCCCC1. The van der Waals surface area contributed by atoms with Crippen molar-refractivity contribution in [2.75, 3.05) is 0 Å². The van der Waals surface area contributed by atoms with Gasteiger partial charge in [-0.15, -0.1) is 0 Å². The molecule has 2 fully saturated rings. The average Bonchev–Trinajstić information content (AvgIpc) is 2.99. The molecule has 150 valence electrons. The molecule has 3 heteroatoms. The lowest BCUT2D eigenvalue weighted by Crippen LogP contribution is -2.44. The largest absolute Gasteiger partial charge is 0.298 e. The van der Waals surface area contributed by atoms with Gasteiger partial charge in [0.25, 0.3) is 0 Å². The second-order valence-corrected chi connectivity index (χ2v) is 9.61. The van der Waals surface area contributed by atoms with E-state index in [0.29, 0.717) is 11.5 Å². The summed E-state index contributed by atoms with van der Waals surface area (Å²) in [5.74, 6) is 0.483. The Hall–Kier alpha value is -2.73. The average molecular weight is 395 g/mol. The van der Waals surface area contributed by atoms with Gasteiger partial charge < -0.3 is 0 Å². The van der Waals surface area contributed by atoms with Gasteiger partial charge in [0.2, 0.25) is 0 Å². The van der Waals surface area contributed by atoms with Gasteiger partial charge in [-0.05, 0) is 59.0 Å². The molecule has 0 N–H and O–H groups in total. The minimum absolute atomic E-state index is 0.337. The normalized spacial score (nSPS) is 21.9. The van der Waals surface area contributed by atoms with E-state index < -0.39 is 0 Å². The van der Waals surface area contributed by atoms with E-state index in [1.807, 2.05) is 30.5 Å². The van der Waals surface area contributed by atoms with E-state index in [4.69, 9.17) is 11.6 Å². The fourth-order valence-electron chi connectivity index (χ4n) is 6.96. The third-order valence-electron chi connectivity index (χ3n) is 8.25. The second kappa shape index (κ2) is 6.38. The molecule has 1 aromatic heterocycles. The summed E-state index contributed by atoms with van der Waals surface area (Å²) >= 11 is 0. The Kier molecular flexibility index (Phi) is 3.84. The second-order valence-electron chi connectivity index (χ2n) is 9.61. The van der Waals surface area contributed by atoms with Crippen molar-refractivity contribution in [2.24, 2.45) is 0 Å². The molecule has 0 atom stereocenters. The number of ketones is 1. The van der Waals surface area contributed by atoms with Gasteiger partial charge in [0, 0.05) is 6.20 Å². The Balaban J connectivity index is 1.76. The van der Waals surface area contributed by atoms with E-state index in [1.165, 1.54) is 24.0 Å². The lowest BCUT2D eigenvalue weighted by atomic mass is 9.63. The Morgan fingerprint density at radius 2 is 1.47 bits per heavy atom. The number of carbonyl (C=O) groups excluding carboxylic acids is 1. The van der Waals surface area contributed by atoms with E-state index in [0.717, 1.165) is 73.0 Å². The highest BCUT2D eigenvalue weighted by atomic mass is 16.1. The third-order valence-corrected chi connectivity index (χ3v) is 8.25. The topological polar surface area (TPSA) is 34.3 Å². The Bertz CT molecular complexity index is 1240. The van der Waals surface area contributed by atoms with Crippen molar-refractivity contribution in [3.63, 3.8) is 0 Å². The summed E-state index contributed by atoms with van der Waals surface area (Å²) < 4.78 is 0. The van der Waals surface area contributed by atoms with E-state index in [1.54, 1.807) is 0 Å². The number of nitrogens with zero attached hydrogens (tertiary/aromatic N) is 2. The van der Waals surface area contributed by atoms with Gasteiger partial charge in [0.1, 0.15) is 0 Å². The highest BCUT2D eigenvalue weighted by molar-refractivity contribution is 6.16. The highest BCUT2D eigenvalue weighted by Crippen LogP contribution is 2.59. The van der Waals surface area contributed by atoms with E-state index in [2.05, 4.69) is 10.9 Å². The Morgan fingerprint density at radius 1 is 0.833 bits per heavy atom. The highest BCUT2D eigenvalue weighted by Gasteiger charge is 2.60. The van der Waals surface area contributed by atoms with Crippen molar-refractivity contribution in [3.8, 4) is 0 Å². The monoisotopic (exact) mass is 394 g/mol. The van der Waals surface area contributed by atoms with Crippen molar-refractivity contribution < 1.29 is 4.79 Å². The van der Waals surface area contributed by atoms with E-state index in [9.17, 15) is 4.79 Å². The van der Waals surface area contributed by atoms with Crippen LogP contribution in [0.15, 0.2) is 36.5 Å². The number of rotatable bonds is 0. The predicted molar refractivity (Wildman–Crippen MR) is 120 cm³/mol. The zero-order valence-corrected chi connectivity index (χ0v) is 17.3. The number of carbonyl (C=O) groups is 1. The number of hydrogen-bond acceptors (Lipinski definition) is 2. The molecule has 1 heterocycles. The molecule has 30 heavy (non-hydrogen) atoms. The maximum Gasteiger partial charge on any atom is 0.195 e. The quantitative estimate of drug-likeness (QED) is 0.306. The smallest absolute Gasteiger partial charge is 0.195 e. The molecule has 0 saturated heterocycles. The van der Waals surface area contributed by atoms with Crippen LogP contribution in [0.5, 0.6) is 0 Å². The Labute approximate surface area is 177 Å². The number of Topliss-reactive ketones (excluding diaryl/α,β-unsaturated/α-hetero) is 1. The minimum Gasteiger partial charge on any atom is -0.298 e. The van der Waals surface area contributed by atoms with Gasteiger partial charge in [-0.1, -0.05) is 62.8 Å². The zero-order valence-electron chi connectivity index (χ0n) is 17.3. The van der Waals surface area contributed by atoms with Crippen LogP contribution >= 0.6 is 0 Å². The third kappa shape index (κ3) is 2.15. The van der Waals surface area contributed by atoms with Crippen LogP contribution in [0.1, 0.15) is 75.3 Å². The van der Waals surface area contributed by atoms with Crippen LogP contribution in [0.4, 0.5) is 5.69 Å². The molecule has 0 bridgehead atoms. The minimum atomic E-state index is -0.367. The van der Waals surface area contributed by atoms with Crippen LogP contribution in [0, 0.1) is 6.57 Å². The first-order valence-corrected chi connectivity index (χ1v) is 11.5. The van der Waals surface area contributed by atoms with Crippen molar-refractivity contribution in [1.29, 1.82) is 0 Å². The number of fused-ring (bicyclic) bond motifs is 7. The van der Waals surface area contributed by atoms with Crippen molar-refractivity contribution in [3.05, 3.63) is 59.1 Å². The molecule has 0 aliphatic heterocycles. The number of benzene rings is 2. The summed E-state index contributed by atoms with van der Waals surface area (Å²) in [6.07, 6.45) is 12.8. The molecule has 2 aromatic carbocycles. The molecule has 6 rings (SSSR count). The molecule has 0 amide bonds. The van der Waals surface area contributed by atoms with Gasteiger partial charge in [0.15, 0.2) is 11.5 Å². The van der Waals surface area contributed by atoms with E-state index >= 15 is 0 Å². The standard InChI is InChI=1S/C27H26N2O/c1-28-22-16-20-23-21(17-29-24(20)19-11-5-4-10-18(19)22)26(12-6-2-7-13-26)25(30)27(23)14-8-3-9-15-27/h4-5,10-11,16-17H,2-3,6-9,12-15H2. The first-order valence-electron chi connectivity index (χ1n) is 11.5. The predicted octanol–water partition coefficient (Wildman–Crippen LogP) is 6.93. The molecule has 2 saturated carbocycles. The van der Waals surface area contributed by atoms with Crippen LogP contribution in [0.25, 0.3) is 26.5 Å². The van der Waals surface area contributed by atoms with Gasteiger partial charge >= 0.3 is 0 Å². The summed E-state index contributed by atoms with van der Waals surface area (Å²) in [4.78, 5) is 23.1.